The Kier molecular flexibility index (Phi) is 5.08. The number of hydrogen-bond acceptors (Lipinski definition) is 3. The highest BCUT2D eigenvalue weighted by atomic mass is 16.7. The van der Waals surface area contributed by atoms with Crippen LogP contribution in [-0.4, -0.2) is 25.1 Å². The Bertz CT molecular complexity index is 619. The highest BCUT2D eigenvalue weighted by Gasteiger charge is 2.51. The lowest BCUT2D eigenvalue weighted by Crippen LogP contribution is -2.41. The van der Waals surface area contributed by atoms with E-state index in [1.165, 1.54) is 11.1 Å². The Hall–Kier alpha value is -1.91. The van der Waals surface area contributed by atoms with Gasteiger partial charge in [-0.2, -0.15) is 0 Å². The molecule has 2 aromatic carbocycles. The van der Waals surface area contributed by atoms with Crippen molar-refractivity contribution in [3.63, 3.8) is 0 Å². The Balaban J connectivity index is 0.000000924. The largest absolute Gasteiger partial charge is 0.494 e. The first-order valence-corrected chi connectivity index (χ1v) is 7.69. The van der Waals surface area contributed by atoms with Crippen LogP contribution in [0.25, 0.3) is 11.1 Å². The summed E-state index contributed by atoms with van der Waals surface area (Å²) in [5, 5.41) is 0. The number of carbonyl (C=O) groups excluding carboxylic acids is 1. The van der Waals surface area contributed by atoms with Gasteiger partial charge in [-0.25, -0.2) is 0 Å². The van der Waals surface area contributed by atoms with Crippen molar-refractivity contribution in [3.05, 3.63) is 54.6 Å². The average molecular weight is 310 g/mol. The van der Waals surface area contributed by atoms with E-state index >= 15 is 0 Å². The molecule has 0 aliphatic carbocycles. The Morgan fingerprint density at radius 3 is 1.65 bits per heavy atom. The average Bonchev–Trinajstić information content (AvgIpc) is 2.78. The molecule has 1 aliphatic heterocycles. The topological polar surface area (TPSA) is 35.5 Å². The van der Waals surface area contributed by atoms with Gasteiger partial charge in [0.25, 0.3) is 0 Å². The normalized spacial score (nSPS) is 18.2. The van der Waals surface area contributed by atoms with Crippen molar-refractivity contribution < 1.29 is 14.1 Å². The van der Waals surface area contributed by atoms with E-state index in [2.05, 4.69) is 76.2 Å². The van der Waals surface area contributed by atoms with E-state index in [1.54, 1.807) is 0 Å². The summed E-state index contributed by atoms with van der Waals surface area (Å²) in [7, 11) is -0.292. The molecule has 0 radical (unpaired) electrons. The predicted octanol–water partition coefficient (Wildman–Crippen LogP) is 3.47. The van der Waals surface area contributed by atoms with Crippen LogP contribution in [0, 0.1) is 0 Å². The van der Waals surface area contributed by atoms with Gasteiger partial charge in [-0.15, -0.1) is 0 Å². The monoisotopic (exact) mass is 310 g/mol. The summed E-state index contributed by atoms with van der Waals surface area (Å²) in [6.45, 7) is 10.3. The van der Waals surface area contributed by atoms with Gasteiger partial charge < -0.3 is 14.1 Å². The molecule has 0 unspecified atom stereocenters. The molecule has 4 heteroatoms. The van der Waals surface area contributed by atoms with Gasteiger partial charge in [-0.3, -0.25) is 0 Å². The summed E-state index contributed by atoms with van der Waals surface area (Å²) in [6.07, 6.45) is 0. The van der Waals surface area contributed by atoms with Gasteiger partial charge in [-0.1, -0.05) is 54.6 Å². The maximum Gasteiger partial charge on any atom is 0.494 e. The van der Waals surface area contributed by atoms with E-state index in [4.69, 9.17) is 14.1 Å². The van der Waals surface area contributed by atoms with Crippen molar-refractivity contribution in [2.75, 3.05) is 0 Å². The molecule has 3 nitrogen and oxygen atoms in total. The van der Waals surface area contributed by atoms with Crippen LogP contribution in [0.1, 0.15) is 27.7 Å². The molecule has 0 N–H and O–H groups in total. The third kappa shape index (κ3) is 3.54. The second-order valence-electron chi connectivity index (χ2n) is 6.58. The highest BCUT2D eigenvalue weighted by Crippen LogP contribution is 2.36. The van der Waals surface area contributed by atoms with Crippen LogP contribution in [0.15, 0.2) is 54.6 Å². The maximum absolute atomic E-state index is 8.00. The van der Waals surface area contributed by atoms with E-state index in [9.17, 15) is 0 Å². The summed E-state index contributed by atoms with van der Waals surface area (Å²) in [5.41, 5.74) is 2.90. The number of hydrogen-bond donors (Lipinski definition) is 0. The van der Waals surface area contributed by atoms with Gasteiger partial charge in [0.15, 0.2) is 0 Å². The number of carbonyl (C=O) groups is 1. The zero-order valence-corrected chi connectivity index (χ0v) is 14.2. The SMILES string of the molecule is C=O.CC1(C)OB(c2ccc(-c3ccccc3)cc2)OC1(C)C. The summed E-state index contributed by atoms with van der Waals surface area (Å²) in [6, 6.07) is 18.8. The van der Waals surface area contributed by atoms with E-state index in [-0.39, 0.29) is 18.3 Å². The lowest BCUT2D eigenvalue weighted by Gasteiger charge is -2.32. The van der Waals surface area contributed by atoms with Crippen molar-refractivity contribution >= 4 is 19.4 Å². The fraction of sp³-hybridized carbons (Fsp3) is 0.316. The summed E-state index contributed by atoms with van der Waals surface area (Å²) in [4.78, 5) is 8.00. The van der Waals surface area contributed by atoms with Crippen LogP contribution in [0.5, 0.6) is 0 Å². The number of rotatable bonds is 2. The third-order valence-electron chi connectivity index (χ3n) is 4.54. The van der Waals surface area contributed by atoms with Crippen LogP contribution in [0.3, 0.4) is 0 Å². The molecule has 0 atom stereocenters. The van der Waals surface area contributed by atoms with Crippen molar-refractivity contribution in [1.29, 1.82) is 0 Å². The van der Waals surface area contributed by atoms with Gasteiger partial charge in [0.05, 0.1) is 11.2 Å². The standard InChI is InChI=1S/C18H21BO2.CH2O/c1-17(2)18(3,4)21-19(20-17)16-12-10-15(11-13-16)14-8-6-5-7-9-14;1-2/h5-13H,1-4H3;1H2. The third-order valence-corrected chi connectivity index (χ3v) is 4.54. The van der Waals surface area contributed by atoms with Crippen molar-refractivity contribution in [1.82, 2.24) is 0 Å². The van der Waals surface area contributed by atoms with Crippen LogP contribution < -0.4 is 5.46 Å². The lowest BCUT2D eigenvalue weighted by atomic mass is 9.78. The van der Waals surface area contributed by atoms with Crippen LogP contribution in [0.2, 0.25) is 0 Å². The lowest BCUT2D eigenvalue weighted by molar-refractivity contribution is -0.0979. The van der Waals surface area contributed by atoms with E-state index in [0.717, 1.165) is 5.46 Å². The minimum atomic E-state index is -0.296. The molecule has 0 amide bonds. The quantitative estimate of drug-likeness (QED) is 0.797. The molecule has 23 heavy (non-hydrogen) atoms. The van der Waals surface area contributed by atoms with Crippen LogP contribution in [-0.2, 0) is 14.1 Å². The van der Waals surface area contributed by atoms with E-state index in [0.29, 0.717) is 0 Å². The Labute approximate surface area is 138 Å². The van der Waals surface area contributed by atoms with Crippen molar-refractivity contribution in [3.8, 4) is 11.1 Å². The van der Waals surface area contributed by atoms with Gasteiger partial charge in [0, 0.05) is 0 Å². The van der Waals surface area contributed by atoms with E-state index < -0.39 is 0 Å². The van der Waals surface area contributed by atoms with Gasteiger partial charge >= 0.3 is 7.12 Å². The molecule has 0 bridgehead atoms. The second-order valence-corrected chi connectivity index (χ2v) is 6.58. The van der Waals surface area contributed by atoms with Gasteiger partial charge in [-0.05, 0) is 44.3 Å². The number of benzene rings is 2. The summed E-state index contributed by atoms with van der Waals surface area (Å²) < 4.78 is 12.1. The summed E-state index contributed by atoms with van der Waals surface area (Å²) >= 11 is 0. The van der Waals surface area contributed by atoms with Gasteiger partial charge in [0.2, 0.25) is 0 Å². The van der Waals surface area contributed by atoms with Crippen molar-refractivity contribution in [2.45, 2.75) is 38.9 Å². The molecule has 1 fully saturated rings. The second kappa shape index (κ2) is 6.69. The van der Waals surface area contributed by atoms with Crippen LogP contribution >= 0.6 is 0 Å². The summed E-state index contributed by atoms with van der Waals surface area (Å²) in [5.74, 6) is 0. The molecule has 1 saturated heterocycles. The first kappa shape index (κ1) is 17.4. The molecule has 0 saturated carbocycles. The molecule has 0 aromatic heterocycles. The maximum atomic E-state index is 8.00. The molecule has 0 spiro atoms. The van der Waals surface area contributed by atoms with Crippen molar-refractivity contribution in [2.24, 2.45) is 0 Å². The smallest absolute Gasteiger partial charge is 0.399 e. The molecule has 1 heterocycles. The molecule has 120 valence electrons. The highest BCUT2D eigenvalue weighted by molar-refractivity contribution is 6.62. The van der Waals surface area contributed by atoms with E-state index in [1.807, 2.05) is 12.9 Å². The first-order valence-electron chi connectivity index (χ1n) is 7.69. The fourth-order valence-electron chi connectivity index (χ4n) is 2.44. The molecular weight excluding hydrogens is 287 g/mol. The predicted molar refractivity (Wildman–Crippen MR) is 94.7 cm³/mol. The molecule has 3 rings (SSSR count). The molecular formula is C19H23BO3. The Morgan fingerprint density at radius 2 is 1.17 bits per heavy atom. The zero-order chi connectivity index (χ0) is 17.1. The first-order chi connectivity index (χ1) is 10.9. The minimum absolute atomic E-state index is 0.292. The Morgan fingerprint density at radius 1 is 0.739 bits per heavy atom. The van der Waals surface area contributed by atoms with Gasteiger partial charge in [0.1, 0.15) is 6.79 Å². The fourth-order valence-corrected chi connectivity index (χ4v) is 2.44. The zero-order valence-electron chi connectivity index (χ0n) is 14.2. The minimum Gasteiger partial charge on any atom is -0.399 e. The molecule has 2 aromatic rings. The molecule has 1 aliphatic rings. The van der Waals surface area contributed by atoms with Crippen LogP contribution in [0.4, 0.5) is 0 Å².